The fraction of sp³-hybridized carbons (Fsp3) is 0.574. The Morgan fingerprint density at radius 2 is 0.872 bits per heavy atom. The van der Waals surface area contributed by atoms with Gasteiger partial charge in [0.15, 0.2) is 0 Å². The van der Waals surface area contributed by atoms with Crippen molar-refractivity contribution >= 4 is 5.57 Å². The van der Waals surface area contributed by atoms with Gasteiger partial charge in [0.25, 0.3) is 0 Å². The van der Waals surface area contributed by atoms with Gasteiger partial charge in [-0.25, -0.2) is 0 Å². The summed E-state index contributed by atoms with van der Waals surface area (Å²) in [7, 11) is 0. The molecule has 47 heavy (non-hydrogen) atoms. The first-order valence-electron chi connectivity index (χ1n) is 19.0. The Balaban J connectivity index is -0.0000000959. The molecule has 276 valence electrons. The third-order valence-corrected chi connectivity index (χ3v) is 5.52. The van der Waals surface area contributed by atoms with Crippen LogP contribution in [0.25, 0.3) is 5.57 Å². The molecule has 0 nitrogen and oxygen atoms in total. The van der Waals surface area contributed by atoms with Gasteiger partial charge in [-0.15, -0.1) is 6.58 Å². The van der Waals surface area contributed by atoms with Crippen molar-refractivity contribution in [2.24, 2.45) is 0 Å². The summed E-state index contributed by atoms with van der Waals surface area (Å²) in [5.74, 6) is 0. The minimum absolute atomic E-state index is 1.03. The Hall–Kier alpha value is -2.60. The van der Waals surface area contributed by atoms with E-state index in [-0.39, 0.29) is 0 Å². The molecule has 0 N–H and O–H groups in total. The normalized spacial score (nSPS) is 8.74. The van der Waals surface area contributed by atoms with Crippen LogP contribution in [0.2, 0.25) is 0 Å². The lowest BCUT2D eigenvalue weighted by Gasteiger charge is -2.17. The van der Waals surface area contributed by atoms with E-state index in [1.807, 2.05) is 69.2 Å². The maximum Gasteiger partial charge on any atom is -0.0212 e. The van der Waals surface area contributed by atoms with Crippen LogP contribution in [-0.2, 0) is 6.42 Å². The fourth-order valence-corrected chi connectivity index (χ4v) is 4.00. The highest BCUT2D eigenvalue weighted by molar-refractivity contribution is 5.73. The molecule has 0 heteroatoms. The molecule has 0 aliphatic carbocycles. The molecule has 0 saturated carbocycles. The quantitative estimate of drug-likeness (QED) is 0.223. The Morgan fingerprint density at radius 1 is 0.553 bits per heavy atom. The number of allylic oxidation sites excluding steroid dienone is 6. The Morgan fingerprint density at radius 3 is 1.09 bits per heavy atom. The van der Waals surface area contributed by atoms with Crippen molar-refractivity contribution in [3.63, 3.8) is 0 Å². The van der Waals surface area contributed by atoms with E-state index in [9.17, 15) is 0 Å². The van der Waals surface area contributed by atoms with Crippen LogP contribution in [0.15, 0.2) is 83.5 Å². The van der Waals surface area contributed by atoms with Crippen molar-refractivity contribution in [1.82, 2.24) is 0 Å². The van der Waals surface area contributed by atoms with Crippen molar-refractivity contribution in [3.05, 3.63) is 111 Å². The van der Waals surface area contributed by atoms with Crippen LogP contribution in [0.1, 0.15) is 186 Å². The van der Waals surface area contributed by atoms with E-state index in [0.717, 1.165) is 18.4 Å². The van der Waals surface area contributed by atoms with Crippen LogP contribution in [0, 0.1) is 20.8 Å². The van der Waals surface area contributed by atoms with Crippen LogP contribution in [0.5, 0.6) is 0 Å². The van der Waals surface area contributed by atoms with Crippen molar-refractivity contribution in [3.8, 4) is 0 Å². The summed E-state index contributed by atoms with van der Waals surface area (Å²) < 4.78 is 0. The SMILES string of the molecule is C=C(C)C.C=C(C)C(=C(C)C)/C(CC)=C(\C)c1ccc(C)cc1.CC.CC.CC.CC.CCC.CCC.CCc1c(C)cccc1C. The van der Waals surface area contributed by atoms with Crippen LogP contribution in [0.3, 0.4) is 0 Å². The van der Waals surface area contributed by atoms with Gasteiger partial charge in [0, 0.05) is 0 Å². The third kappa shape index (κ3) is 36.1. The first kappa shape index (κ1) is 59.8. The summed E-state index contributed by atoms with van der Waals surface area (Å²) in [5, 5.41) is 0. The molecule has 0 spiro atoms. The van der Waals surface area contributed by atoms with Gasteiger partial charge in [0.05, 0.1) is 0 Å². The van der Waals surface area contributed by atoms with Crippen molar-refractivity contribution in [2.75, 3.05) is 0 Å². The second-order valence-corrected chi connectivity index (χ2v) is 10.8. The summed E-state index contributed by atoms with van der Waals surface area (Å²) in [6, 6.07) is 15.2. The molecule has 0 saturated heterocycles. The van der Waals surface area contributed by atoms with Gasteiger partial charge in [0.2, 0.25) is 0 Å². The van der Waals surface area contributed by atoms with E-state index in [2.05, 4.69) is 146 Å². The molecule has 0 bridgehead atoms. The number of rotatable bonds is 5. The van der Waals surface area contributed by atoms with Gasteiger partial charge in [-0.05, 0) is 114 Å². The Kier molecular flexibility index (Phi) is 57.9. The molecule has 2 aromatic rings. The van der Waals surface area contributed by atoms with Crippen LogP contribution >= 0.6 is 0 Å². The van der Waals surface area contributed by atoms with E-state index >= 15 is 0 Å². The Labute approximate surface area is 301 Å². The zero-order chi connectivity index (χ0) is 39.1. The van der Waals surface area contributed by atoms with E-state index in [1.165, 1.54) is 68.5 Å². The topological polar surface area (TPSA) is 0 Å². The van der Waals surface area contributed by atoms with Crippen molar-refractivity contribution in [2.45, 2.75) is 185 Å². The van der Waals surface area contributed by atoms with Crippen molar-refractivity contribution < 1.29 is 0 Å². The number of hydrogen-bond acceptors (Lipinski definition) is 0. The summed E-state index contributed by atoms with van der Waals surface area (Å²) in [5.41, 5.74) is 14.7. The first-order valence-corrected chi connectivity index (χ1v) is 19.0. The van der Waals surface area contributed by atoms with E-state index < -0.39 is 0 Å². The summed E-state index contributed by atoms with van der Waals surface area (Å²) in [6.07, 6.45) is 4.69. The van der Waals surface area contributed by atoms with Crippen LogP contribution in [-0.4, -0.2) is 0 Å². The zero-order valence-electron chi connectivity index (χ0n) is 36.8. The average molecular weight is 653 g/mol. The van der Waals surface area contributed by atoms with Gasteiger partial charge in [-0.3, -0.25) is 0 Å². The molecule has 2 aromatic carbocycles. The molecular weight excluding hydrogens is 565 g/mol. The van der Waals surface area contributed by atoms with Gasteiger partial charge in [0.1, 0.15) is 0 Å². The van der Waals surface area contributed by atoms with Crippen LogP contribution < -0.4 is 0 Å². The predicted molar refractivity (Wildman–Crippen MR) is 230 cm³/mol. The van der Waals surface area contributed by atoms with Gasteiger partial charge >= 0.3 is 0 Å². The molecule has 2 rings (SSSR count). The molecule has 0 unspecified atom stereocenters. The van der Waals surface area contributed by atoms with Crippen LogP contribution in [0.4, 0.5) is 0 Å². The predicted octanol–water partition coefficient (Wildman–Crippen LogP) is 17.5. The molecular formula is C47H88. The largest absolute Gasteiger partial charge is 0.100 e. The maximum atomic E-state index is 4.14. The second kappa shape index (κ2) is 45.5. The minimum atomic E-state index is 1.03. The summed E-state index contributed by atoms with van der Waals surface area (Å²) >= 11 is 0. The van der Waals surface area contributed by atoms with Gasteiger partial charge in [-0.1, -0.05) is 181 Å². The van der Waals surface area contributed by atoms with Gasteiger partial charge in [-0.2, -0.15) is 0 Å². The highest BCUT2D eigenvalue weighted by Gasteiger charge is 2.11. The first-order chi connectivity index (χ1) is 22.2. The standard InChI is InChI=1S/C19H26.C10H14.C4H8.2C3H8.4C2H6/c1-8-18(19(13(2)3)14(4)5)16(7)17-11-9-15(6)10-12-17;1-4-10-8(2)6-5-7-9(10)3;1-4(2)3;2*1-3-2;4*1-2/h9-12H,2,8H2,1,3-7H3;5-7H,4H2,1-3H3;1H2,2-3H3;2*3H2,1-2H3;4*1-2H3/b18-16+;;;;;;;;. The lowest BCUT2D eigenvalue weighted by Crippen LogP contribution is -1.97. The third-order valence-electron chi connectivity index (χ3n) is 5.52. The molecule has 0 aromatic heterocycles. The highest BCUT2D eigenvalue weighted by atomic mass is 14.2. The average Bonchev–Trinajstić information content (AvgIpc) is 3.04. The molecule has 0 aliphatic heterocycles. The lowest BCUT2D eigenvalue weighted by molar-refractivity contribution is 1.08. The number of aryl methyl sites for hydroxylation is 3. The smallest absolute Gasteiger partial charge is 0.0212 e. The van der Waals surface area contributed by atoms with E-state index in [1.54, 1.807) is 0 Å². The fourth-order valence-electron chi connectivity index (χ4n) is 4.00. The van der Waals surface area contributed by atoms with E-state index in [4.69, 9.17) is 0 Å². The minimum Gasteiger partial charge on any atom is -0.100 e. The second-order valence-electron chi connectivity index (χ2n) is 10.8. The monoisotopic (exact) mass is 653 g/mol. The summed E-state index contributed by atoms with van der Waals surface area (Å²) in [6.45, 7) is 55.7. The molecule has 0 amide bonds. The highest BCUT2D eigenvalue weighted by Crippen LogP contribution is 2.31. The zero-order valence-corrected chi connectivity index (χ0v) is 36.8. The lowest BCUT2D eigenvalue weighted by atomic mass is 9.88. The Bertz CT molecular complexity index is 976. The number of benzene rings is 2. The van der Waals surface area contributed by atoms with Gasteiger partial charge < -0.3 is 0 Å². The van der Waals surface area contributed by atoms with E-state index in [0.29, 0.717) is 0 Å². The van der Waals surface area contributed by atoms with Crippen molar-refractivity contribution in [1.29, 1.82) is 0 Å². The summed E-state index contributed by atoms with van der Waals surface area (Å²) in [4.78, 5) is 0. The molecule has 0 radical (unpaired) electrons. The molecule has 0 fully saturated rings. The molecule has 0 heterocycles. The number of hydrogen-bond donors (Lipinski definition) is 0. The molecule has 0 atom stereocenters. The molecule has 0 aliphatic rings. The maximum absolute atomic E-state index is 4.14.